The summed E-state index contributed by atoms with van der Waals surface area (Å²) in [5, 5.41) is 4.93. The average Bonchev–Trinajstić information content (AvgIpc) is 3.55. The number of fused-ring (bicyclic) bond motifs is 1. The van der Waals surface area contributed by atoms with Gasteiger partial charge >= 0.3 is 0 Å². The Labute approximate surface area is 258 Å². The van der Waals surface area contributed by atoms with Crippen molar-refractivity contribution >= 4 is 16.8 Å². The number of nitrogens with one attached hydrogen (secondary N) is 2. The predicted octanol–water partition coefficient (Wildman–Crippen LogP) is 8.07. The molecular weight excluding hydrogens is 528 g/mol. The molecule has 0 saturated carbocycles. The first-order chi connectivity index (χ1) is 20.7. The predicted molar refractivity (Wildman–Crippen MR) is 180 cm³/mol. The minimum atomic E-state index is -0.596. The van der Waals surface area contributed by atoms with Gasteiger partial charge in [0.25, 0.3) is 0 Å². The lowest BCUT2D eigenvalue weighted by molar-refractivity contribution is -0.139. The second-order valence-electron chi connectivity index (χ2n) is 13.3. The first-order valence-corrected chi connectivity index (χ1v) is 16.3. The number of aryl methyl sites for hydroxylation is 3. The number of aromatic nitrogens is 2. The van der Waals surface area contributed by atoms with Gasteiger partial charge in [-0.1, -0.05) is 36.2 Å². The molecule has 0 radical (unpaired) electrons. The monoisotopic (exact) mass is 578 g/mol. The van der Waals surface area contributed by atoms with Crippen molar-refractivity contribution < 1.29 is 4.79 Å². The number of amides is 1. The third-order valence-corrected chi connectivity index (χ3v) is 9.51. The van der Waals surface area contributed by atoms with E-state index in [4.69, 9.17) is 0 Å². The van der Waals surface area contributed by atoms with Crippen molar-refractivity contribution in [3.8, 4) is 11.3 Å². The highest BCUT2D eigenvalue weighted by Gasteiger charge is 2.41. The van der Waals surface area contributed by atoms with Crippen LogP contribution in [0.15, 0.2) is 60.9 Å². The summed E-state index contributed by atoms with van der Waals surface area (Å²) in [5.74, 6) is 0.253. The van der Waals surface area contributed by atoms with Crippen LogP contribution in [0, 0.1) is 13.8 Å². The molecule has 1 saturated heterocycles. The van der Waals surface area contributed by atoms with Crippen molar-refractivity contribution in [2.45, 2.75) is 104 Å². The average molecular weight is 579 g/mol. The number of likely N-dealkylation sites (tertiary alicyclic amines) is 1. The molecule has 0 spiro atoms. The van der Waals surface area contributed by atoms with Gasteiger partial charge in [0.2, 0.25) is 5.91 Å². The van der Waals surface area contributed by atoms with Crippen LogP contribution in [0.1, 0.15) is 87.6 Å². The Morgan fingerprint density at radius 2 is 1.81 bits per heavy atom. The lowest BCUT2D eigenvalue weighted by atomic mass is 9.81. The van der Waals surface area contributed by atoms with E-state index in [1.54, 1.807) is 0 Å². The molecule has 228 valence electrons. The first kappa shape index (κ1) is 31.0. The summed E-state index contributed by atoms with van der Waals surface area (Å²) in [7, 11) is 0. The van der Waals surface area contributed by atoms with E-state index in [9.17, 15) is 4.79 Å². The summed E-state index contributed by atoms with van der Waals surface area (Å²) in [5.41, 5.74) is 9.22. The molecule has 2 N–H and O–H groups in total. The van der Waals surface area contributed by atoms with Gasteiger partial charge in [-0.05, 0) is 145 Å². The number of hydrogen-bond acceptors (Lipinski definition) is 3. The Hall–Kier alpha value is -3.44. The molecule has 5 nitrogen and oxygen atoms in total. The number of hydrogen-bond donors (Lipinski definition) is 2. The van der Waals surface area contributed by atoms with E-state index in [1.165, 1.54) is 38.9 Å². The highest BCUT2D eigenvalue weighted by atomic mass is 16.2. The van der Waals surface area contributed by atoms with Crippen LogP contribution in [0.25, 0.3) is 22.2 Å². The molecule has 2 aromatic heterocycles. The third-order valence-electron chi connectivity index (χ3n) is 9.51. The maximum atomic E-state index is 14.1. The molecule has 5 rings (SSSR count). The van der Waals surface area contributed by atoms with Crippen molar-refractivity contribution in [1.29, 1.82) is 0 Å². The number of rotatable bonds is 12. The highest BCUT2D eigenvalue weighted by Crippen LogP contribution is 2.37. The van der Waals surface area contributed by atoms with E-state index in [2.05, 4.69) is 104 Å². The molecule has 2 atom stereocenters. The zero-order chi connectivity index (χ0) is 30.6. The van der Waals surface area contributed by atoms with Gasteiger partial charge in [0.1, 0.15) is 0 Å². The van der Waals surface area contributed by atoms with Crippen LogP contribution < -0.4 is 5.32 Å². The van der Waals surface area contributed by atoms with Gasteiger partial charge in [0.15, 0.2) is 0 Å². The molecule has 3 heterocycles. The minimum Gasteiger partial charge on any atom is -0.354 e. The van der Waals surface area contributed by atoms with Gasteiger partial charge in [0.05, 0.1) is 5.41 Å². The third kappa shape index (κ3) is 6.88. The Bertz CT molecular complexity index is 1520. The first-order valence-electron chi connectivity index (χ1n) is 16.3. The van der Waals surface area contributed by atoms with Crippen LogP contribution in [-0.4, -0.2) is 45.9 Å². The highest BCUT2D eigenvalue weighted by molar-refractivity contribution is 5.94. The van der Waals surface area contributed by atoms with Crippen LogP contribution in [0.4, 0.5) is 0 Å². The summed E-state index contributed by atoms with van der Waals surface area (Å²) < 4.78 is 0. The molecule has 2 unspecified atom stereocenters. The lowest BCUT2D eigenvalue weighted by Gasteiger charge is -2.36. The number of unbranched alkanes of at least 4 members (excludes halogenated alkanes) is 1. The largest absolute Gasteiger partial charge is 0.354 e. The van der Waals surface area contributed by atoms with Crippen molar-refractivity contribution in [3.63, 3.8) is 0 Å². The number of nitrogens with zero attached hydrogens (tertiary/aromatic N) is 2. The minimum absolute atomic E-state index is 0.253. The maximum Gasteiger partial charge on any atom is 0.233 e. The number of carbonyl (C=O) groups is 1. The topological polar surface area (TPSA) is 61.0 Å². The van der Waals surface area contributed by atoms with E-state index in [1.807, 2.05) is 18.5 Å². The Balaban J connectivity index is 1.38. The smallest absolute Gasteiger partial charge is 0.233 e. The van der Waals surface area contributed by atoms with Crippen molar-refractivity contribution in [1.82, 2.24) is 20.2 Å². The molecule has 4 aromatic rings. The maximum absolute atomic E-state index is 14.1. The van der Waals surface area contributed by atoms with Crippen LogP contribution in [0.2, 0.25) is 0 Å². The Morgan fingerprint density at radius 1 is 1.02 bits per heavy atom. The molecule has 0 bridgehead atoms. The molecule has 1 aliphatic rings. The van der Waals surface area contributed by atoms with Crippen molar-refractivity contribution in [2.75, 3.05) is 13.1 Å². The normalized spacial score (nSPS) is 17.2. The summed E-state index contributed by atoms with van der Waals surface area (Å²) >= 11 is 0. The zero-order valence-electron chi connectivity index (χ0n) is 27.1. The van der Waals surface area contributed by atoms with E-state index in [-0.39, 0.29) is 5.91 Å². The summed E-state index contributed by atoms with van der Waals surface area (Å²) in [6.45, 7) is 14.9. The zero-order valence-corrected chi connectivity index (χ0v) is 27.1. The second kappa shape index (κ2) is 13.5. The molecule has 43 heavy (non-hydrogen) atoms. The van der Waals surface area contributed by atoms with Crippen LogP contribution in [0.3, 0.4) is 0 Å². The van der Waals surface area contributed by atoms with Gasteiger partial charge in [-0.15, -0.1) is 0 Å². The molecule has 1 fully saturated rings. The van der Waals surface area contributed by atoms with Crippen molar-refractivity contribution in [2.24, 2.45) is 0 Å². The molecule has 1 aliphatic heterocycles. The second-order valence-corrected chi connectivity index (χ2v) is 13.3. The van der Waals surface area contributed by atoms with Gasteiger partial charge < -0.3 is 15.2 Å². The number of H-pyrrole nitrogens is 1. The molecule has 2 aromatic carbocycles. The summed E-state index contributed by atoms with van der Waals surface area (Å²) in [6.07, 6.45) is 11.3. The molecule has 5 heteroatoms. The van der Waals surface area contributed by atoms with Crippen LogP contribution in [-0.2, 0) is 23.1 Å². The van der Waals surface area contributed by atoms with Gasteiger partial charge in [-0.3, -0.25) is 9.78 Å². The fourth-order valence-electron chi connectivity index (χ4n) is 7.01. The SMILES string of the molecule is CCC1CCC(C)N1C(=O)C(C)(C)c1ccc2[nH]c(-c3cc(C)cc(C)c3)c(CCNCCCCc3cccnc3)c2c1. The fraction of sp³-hybridized carbons (Fsp3) is 0.474. The van der Waals surface area contributed by atoms with Gasteiger partial charge in [0, 0.05) is 41.1 Å². The number of pyridine rings is 1. The molecular formula is C38H50N4O. The van der Waals surface area contributed by atoms with Gasteiger partial charge in [-0.2, -0.15) is 0 Å². The van der Waals surface area contributed by atoms with Gasteiger partial charge in [-0.25, -0.2) is 0 Å². The summed E-state index contributed by atoms with van der Waals surface area (Å²) in [6, 6.07) is 18.2. The molecule has 1 amide bonds. The van der Waals surface area contributed by atoms with E-state index < -0.39 is 5.41 Å². The van der Waals surface area contributed by atoms with E-state index in [0.717, 1.165) is 69.1 Å². The van der Waals surface area contributed by atoms with E-state index >= 15 is 0 Å². The van der Waals surface area contributed by atoms with Crippen molar-refractivity contribution in [3.05, 3.63) is 88.7 Å². The van der Waals surface area contributed by atoms with Crippen LogP contribution in [0.5, 0.6) is 0 Å². The summed E-state index contributed by atoms with van der Waals surface area (Å²) in [4.78, 5) is 24.2. The number of carbonyl (C=O) groups excluding carboxylic acids is 1. The number of aromatic amines is 1. The Morgan fingerprint density at radius 3 is 2.53 bits per heavy atom. The Kier molecular flexibility index (Phi) is 9.71. The standard InChI is InChI=1S/C38H50N4O/c1-7-32-15-13-28(4)42(32)37(43)38(5,6)31-14-16-35-34(24-31)33(36(41-35)30-22-26(2)21-27(3)23-30)17-20-39-18-9-8-11-29-12-10-19-40-25-29/h10,12,14,16,19,21-25,28,32,39,41H,7-9,11,13,15,17-18,20H2,1-6H3. The van der Waals surface area contributed by atoms with E-state index in [0.29, 0.717) is 12.1 Å². The lowest BCUT2D eigenvalue weighted by Crippen LogP contribution is -2.48. The fourth-order valence-corrected chi connectivity index (χ4v) is 7.01. The number of benzene rings is 2. The molecule has 0 aliphatic carbocycles. The quantitative estimate of drug-likeness (QED) is 0.167. The van der Waals surface area contributed by atoms with Crippen LogP contribution >= 0.6 is 0 Å².